The van der Waals surface area contributed by atoms with Gasteiger partial charge in [0.15, 0.2) is 6.29 Å². The van der Waals surface area contributed by atoms with E-state index in [9.17, 15) is 9.59 Å². The SMILES string of the molecule is O=Cc1cn(CC(=O)Nc2ccc(Cl)cc2)cn1. The van der Waals surface area contributed by atoms with E-state index in [1.165, 1.54) is 17.1 Å². The lowest BCUT2D eigenvalue weighted by atomic mass is 10.3. The van der Waals surface area contributed by atoms with E-state index in [4.69, 9.17) is 11.6 Å². The Morgan fingerprint density at radius 3 is 2.72 bits per heavy atom. The maximum Gasteiger partial charge on any atom is 0.244 e. The summed E-state index contributed by atoms with van der Waals surface area (Å²) in [6.07, 6.45) is 3.58. The number of amides is 1. The second-order valence-electron chi connectivity index (χ2n) is 3.64. The zero-order valence-corrected chi connectivity index (χ0v) is 10.1. The number of aldehydes is 1. The molecule has 18 heavy (non-hydrogen) atoms. The summed E-state index contributed by atoms with van der Waals surface area (Å²) in [4.78, 5) is 25.9. The predicted molar refractivity (Wildman–Crippen MR) is 67.7 cm³/mol. The molecule has 1 N–H and O–H groups in total. The monoisotopic (exact) mass is 263 g/mol. The van der Waals surface area contributed by atoms with Crippen LogP contribution in [-0.2, 0) is 11.3 Å². The van der Waals surface area contributed by atoms with E-state index in [1.54, 1.807) is 24.3 Å². The predicted octanol–water partition coefficient (Wildman–Crippen LogP) is 1.99. The molecule has 0 saturated heterocycles. The summed E-state index contributed by atoms with van der Waals surface area (Å²) in [7, 11) is 0. The van der Waals surface area contributed by atoms with Crippen molar-refractivity contribution in [3.05, 3.63) is 47.5 Å². The Labute approximate surface area is 108 Å². The van der Waals surface area contributed by atoms with Crippen LogP contribution in [0, 0.1) is 0 Å². The molecule has 2 aromatic rings. The van der Waals surface area contributed by atoms with Crippen molar-refractivity contribution < 1.29 is 9.59 Å². The zero-order chi connectivity index (χ0) is 13.0. The molecule has 2 rings (SSSR count). The molecular weight excluding hydrogens is 254 g/mol. The average Bonchev–Trinajstić information content (AvgIpc) is 2.79. The van der Waals surface area contributed by atoms with Gasteiger partial charge in [0.25, 0.3) is 0 Å². The van der Waals surface area contributed by atoms with E-state index >= 15 is 0 Å². The molecule has 0 unspecified atom stereocenters. The molecule has 0 radical (unpaired) electrons. The summed E-state index contributed by atoms with van der Waals surface area (Å²) >= 11 is 5.74. The molecule has 0 aliphatic rings. The van der Waals surface area contributed by atoms with Gasteiger partial charge in [0.1, 0.15) is 12.2 Å². The van der Waals surface area contributed by atoms with Gasteiger partial charge in [-0.2, -0.15) is 0 Å². The number of anilines is 1. The first-order valence-corrected chi connectivity index (χ1v) is 5.57. The zero-order valence-electron chi connectivity index (χ0n) is 9.34. The van der Waals surface area contributed by atoms with Crippen LogP contribution in [0.2, 0.25) is 5.02 Å². The number of aromatic nitrogens is 2. The van der Waals surface area contributed by atoms with Crippen LogP contribution in [0.15, 0.2) is 36.8 Å². The van der Waals surface area contributed by atoms with E-state index in [0.29, 0.717) is 22.7 Å². The highest BCUT2D eigenvalue weighted by Crippen LogP contribution is 2.13. The molecule has 92 valence electrons. The number of rotatable bonds is 4. The molecule has 0 bridgehead atoms. The summed E-state index contributed by atoms with van der Waals surface area (Å²) in [5.41, 5.74) is 0.967. The van der Waals surface area contributed by atoms with E-state index in [1.807, 2.05) is 0 Å². The Kier molecular flexibility index (Phi) is 3.74. The Morgan fingerprint density at radius 1 is 1.39 bits per heavy atom. The van der Waals surface area contributed by atoms with Crippen LogP contribution in [-0.4, -0.2) is 21.7 Å². The fraction of sp³-hybridized carbons (Fsp3) is 0.0833. The van der Waals surface area contributed by atoms with Gasteiger partial charge in [0.2, 0.25) is 5.91 Å². The molecule has 6 heteroatoms. The normalized spacial score (nSPS) is 10.1. The number of carbonyl (C=O) groups excluding carboxylic acids is 2. The lowest BCUT2D eigenvalue weighted by molar-refractivity contribution is -0.116. The summed E-state index contributed by atoms with van der Waals surface area (Å²) in [6, 6.07) is 6.81. The van der Waals surface area contributed by atoms with Crippen molar-refractivity contribution in [3.63, 3.8) is 0 Å². The van der Waals surface area contributed by atoms with Crippen LogP contribution >= 0.6 is 11.6 Å². The van der Waals surface area contributed by atoms with Gasteiger partial charge in [-0.15, -0.1) is 0 Å². The van der Waals surface area contributed by atoms with Gasteiger partial charge in [0.05, 0.1) is 6.33 Å². The topological polar surface area (TPSA) is 64.0 Å². The quantitative estimate of drug-likeness (QED) is 0.858. The first-order chi connectivity index (χ1) is 8.67. The lowest BCUT2D eigenvalue weighted by Crippen LogP contribution is -2.17. The molecule has 0 aliphatic heterocycles. The van der Waals surface area contributed by atoms with Crippen molar-refractivity contribution in [2.24, 2.45) is 0 Å². The van der Waals surface area contributed by atoms with Crippen LogP contribution in [0.5, 0.6) is 0 Å². The number of benzene rings is 1. The molecule has 1 heterocycles. The van der Waals surface area contributed by atoms with Crippen LogP contribution in [0.25, 0.3) is 0 Å². The summed E-state index contributed by atoms with van der Waals surface area (Å²) < 4.78 is 1.54. The Balaban J connectivity index is 1.96. The lowest BCUT2D eigenvalue weighted by Gasteiger charge is -2.05. The van der Waals surface area contributed by atoms with Crippen LogP contribution in [0.1, 0.15) is 10.5 Å². The summed E-state index contributed by atoms with van der Waals surface area (Å²) in [5.74, 6) is -0.202. The molecular formula is C12H10ClN3O2. The largest absolute Gasteiger partial charge is 0.327 e. The third kappa shape index (κ3) is 3.18. The van der Waals surface area contributed by atoms with Gasteiger partial charge in [-0.3, -0.25) is 9.59 Å². The smallest absolute Gasteiger partial charge is 0.244 e. The fourth-order valence-electron chi connectivity index (χ4n) is 1.42. The molecule has 0 aliphatic carbocycles. The minimum absolute atomic E-state index is 0.101. The van der Waals surface area contributed by atoms with E-state index in [-0.39, 0.29) is 12.5 Å². The van der Waals surface area contributed by atoms with Gasteiger partial charge in [-0.25, -0.2) is 4.98 Å². The molecule has 5 nitrogen and oxygen atoms in total. The van der Waals surface area contributed by atoms with Crippen molar-refractivity contribution in [1.29, 1.82) is 0 Å². The van der Waals surface area contributed by atoms with Crippen molar-refractivity contribution >= 4 is 29.5 Å². The van der Waals surface area contributed by atoms with Crippen LogP contribution < -0.4 is 5.32 Å². The number of nitrogens with one attached hydrogen (secondary N) is 1. The van der Waals surface area contributed by atoms with Crippen molar-refractivity contribution in [2.45, 2.75) is 6.54 Å². The maximum absolute atomic E-state index is 11.7. The molecule has 0 saturated carbocycles. The van der Waals surface area contributed by atoms with Gasteiger partial charge < -0.3 is 9.88 Å². The average molecular weight is 264 g/mol. The third-order valence-corrected chi connectivity index (χ3v) is 2.48. The maximum atomic E-state index is 11.7. The van der Waals surface area contributed by atoms with Gasteiger partial charge in [-0.05, 0) is 24.3 Å². The van der Waals surface area contributed by atoms with Crippen molar-refractivity contribution in [3.8, 4) is 0 Å². The van der Waals surface area contributed by atoms with Crippen LogP contribution in [0.3, 0.4) is 0 Å². The van der Waals surface area contributed by atoms with Gasteiger partial charge in [0, 0.05) is 16.9 Å². The Morgan fingerprint density at radius 2 is 2.11 bits per heavy atom. The van der Waals surface area contributed by atoms with E-state index in [2.05, 4.69) is 10.3 Å². The van der Waals surface area contributed by atoms with Crippen LogP contribution in [0.4, 0.5) is 5.69 Å². The van der Waals surface area contributed by atoms with Crippen molar-refractivity contribution in [2.75, 3.05) is 5.32 Å². The van der Waals surface area contributed by atoms with Crippen molar-refractivity contribution in [1.82, 2.24) is 9.55 Å². The number of hydrogen-bond donors (Lipinski definition) is 1. The highest BCUT2D eigenvalue weighted by molar-refractivity contribution is 6.30. The first-order valence-electron chi connectivity index (χ1n) is 5.20. The van der Waals surface area contributed by atoms with Gasteiger partial charge in [-0.1, -0.05) is 11.6 Å². The minimum atomic E-state index is -0.202. The molecule has 1 aromatic heterocycles. The molecule has 0 atom stereocenters. The van der Waals surface area contributed by atoms with E-state index < -0.39 is 0 Å². The number of nitrogens with zero attached hydrogens (tertiary/aromatic N) is 2. The van der Waals surface area contributed by atoms with Gasteiger partial charge >= 0.3 is 0 Å². The number of hydrogen-bond acceptors (Lipinski definition) is 3. The Hall–Kier alpha value is -2.14. The highest BCUT2D eigenvalue weighted by Gasteiger charge is 2.04. The third-order valence-electron chi connectivity index (χ3n) is 2.23. The first kappa shape index (κ1) is 12.3. The standard InChI is InChI=1S/C12H10ClN3O2/c13-9-1-3-10(4-2-9)15-12(18)6-16-5-11(7-17)14-8-16/h1-5,7-8H,6H2,(H,15,18). The summed E-state index contributed by atoms with van der Waals surface area (Å²) in [5, 5.41) is 3.32. The molecule has 1 amide bonds. The number of imidazole rings is 1. The fourth-order valence-corrected chi connectivity index (χ4v) is 1.55. The Bertz CT molecular complexity index is 563. The number of carbonyl (C=O) groups is 2. The molecule has 0 fully saturated rings. The molecule has 0 spiro atoms. The second kappa shape index (κ2) is 5.46. The second-order valence-corrected chi connectivity index (χ2v) is 4.08. The summed E-state index contributed by atoms with van der Waals surface area (Å²) in [6.45, 7) is 0.101. The highest BCUT2D eigenvalue weighted by atomic mass is 35.5. The van der Waals surface area contributed by atoms with E-state index in [0.717, 1.165) is 0 Å². The minimum Gasteiger partial charge on any atom is -0.327 e. The molecule has 1 aromatic carbocycles. The number of halogens is 1.